The lowest BCUT2D eigenvalue weighted by molar-refractivity contribution is -0.123. The van der Waals surface area contributed by atoms with E-state index in [-0.39, 0.29) is 29.8 Å². The van der Waals surface area contributed by atoms with Crippen LogP contribution in [0.5, 0.6) is 0 Å². The SMILES string of the molecule is O=C1CC(=O)C2CCCCCCC12. The molecule has 2 heteroatoms. The van der Waals surface area contributed by atoms with Gasteiger partial charge in [0.25, 0.3) is 0 Å². The molecule has 2 fully saturated rings. The predicted molar refractivity (Wildman–Crippen MR) is 49.3 cm³/mol. The Kier molecular flexibility index (Phi) is 2.47. The maximum atomic E-state index is 11.5. The molecule has 2 atom stereocenters. The molecule has 0 amide bonds. The molecule has 13 heavy (non-hydrogen) atoms. The van der Waals surface area contributed by atoms with Crippen LogP contribution in [0.1, 0.15) is 44.9 Å². The van der Waals surface area contributed by atoms with Crippen molar-refractivity contribution in [3.63, 3.8) is 0 Å². The van der Waals surface area contributed by atoms with E-state index in [9.17, 15) is 9.59 Å². The average molecular weight is 180 g/mol. The molecule has 72 valence electrons. The molecular weight excluding hydrogens is 164 g/mol. The van der Waals surface area contributed by atoms with Gasteiger partial charge in [0.05, 0.1) is 6.42 Å². The molecule has 0 radical (unpaired) electrons. The summed E-state index contributed by atoms with van der Waals surface area (Å²) in [4.78, 5) is 22.9. The number of ketones is 2. The second kappa shape index (κ2) is 3.60. The highest BCUT2D eigenvalue weighted by atomic mass is 16.2. The van der Waals surface area contributed by atoms with Gasteiger partial charge in [-0.15, -0.1) is 0 Å². The molecule has 0 heterocycles. The fourth-order valence-electron chi connectivity index (χ4n) is 2.69. The number of Topliss-reactive ketones (excluding diaryl/α,β-unsaturated/α-hetero) is 2. The number of hydrogen-bond acceptors (Lipinski definition) is 2. The highest BCUT2D eigenvalue weighted by Crippen LogP contribution is 2.35. The van der Waals surface area contributed by atoms with Crippen LogP contribution >= 0.6 is 0 Å². The molecule has 0 saturated heterocycles. The predicted octanol–water partition coefficient (Wildman–Crippen LogP) is 2.11. The highest BCUT2D eigenvalue weighted by Gasteiger charge is 2.40. The van der Waals surface area contributed by atoms with Crippen molar-refractivity contribution >= 4 is 11.6 Å². The monoisotopic (exact) mass is 180 g/mol. The van der Waals surface area contributed by atoms with Crippen LogP contribution in [-0.2, 0) is 9.59 Å². The van der Waals surface area contributed by atoms with Crippen molar-refractivity contribution in [1.29, 1.82) is 0 Å². The summed E-state index contributed by atoms with van der Waals surface area (Å²) in [5, 5.41) is 0. The summed E-state index contributed by atoms with van der Waals surface area (Å²) in [7, 11) is 0. The van der Waals surface area contributed by atoms with Crippen molar-refractivity contribution in [2.75, 3.05) is 0 Å². The van der Waals surface area contributed by atoms with Crippen molar-refractivity contribution in [2.24, 2.45) is 11.8 Å². The van der Waals surface area contributed by atoms with Gasteiger partial charge in [-0.1, -0.05) is 25.7 Å². The molecule has 0 spiro atoms. The van der Waals surface area contributed by atoms with Crippen LogP contribution in [0.4, 0.5) is 0 Å². The van der Waals surface area contributed by atoms with E-state index in [1.165, 1.54) is 12.8 Å². The molecule has 2 aliphatic rings. The lowest BCUT2D eigenvalue weighted by Crippen LogP contribution is -2.19. The van der Waals surface area contributed by atoms with Crippen LogP contribution in [0, 0.1) is 11.8 Å². The van der Waals surface area contributed by atoms with Gasteiger partial charge in [-0.3, -0.25) is 9.59 Å². The first kappa shape index (κ1) is 8.92. The van der Waals surface area contributed by atoms with Crippen molar-refractivity contribution in [3.8, 4) is 0 Å². The Labute approximate surface area is 78.7 Å². The van der Waals surface area contributed by atoms with Gasteiger partial charge < -0.3 is 0 Å². The van der Waals surface area contributed by atoms with E-state index in [1.54, 1.807) is 0 Å². The maximum absolute atomic E-state index is 11.5. The molecule has 0 aromatic rings. The van der Waals surface area contributed by atoms with E-state index >= 15 is 0 Å². The van der Waals surface area contributed by atoms with E-state index in [4.69, 9.17) is 0 Å². The number of rotatable bonds is 0. The summed E-state index contributed by atoms with van der Waals surface area (Å²) in [5.74, 6) is 0.648. The summed E-state index contributed by atoms with van der Waals surface area (Å²) in [6, 6.07) is 0. The third-order valence-electron chi connectivity index (χ3n) is 3.44. The molecule has 0 aromatic heterocycles. The van der Waals surface area contributed by atoms with E-state index in [0.717, 1.165) is 25.7 Å². The van der Waals surface area contributed by atoms with Crippen LogP contribution in [0.3, 0.4) is 0 Å². The Hall–Kier alpha value is -0.660. The van der Waals surface area contributed by atoms with Crippen LogP contribution < -0.4 is 0 Å². The smallest absolute Gasteiger partial charge is 0.144 e. The van der Waals surface area contributed by atoms with Crippen LogP contribution in [-0.4, -0.2) is 11.6 Å². The summed E-state index contributed by atoms with van der Waals surface area (Å²) in [5.41, 5.74) is 0. The quantitative estimate of drug-likeness (QED) is 0.535. The van der Waals surface area contributed by atoms with Crippen molar-refractivity contribution < 1.29 is 9.59 Å². The molecule has 0 N–H and O–H groups in total. The fraction of sp³-hybridized carbons (Fsp3) is 0.818. The highest BCUT2D eigenvalue weighted by molar-refractivity contribution is 6.08. The molecule has 0 bridgehead atoms. The Morgan fingerprint density at radius 1 is 0.769 bits per heavy atom. The molecule has 0 aromatic carbocycles. The Morgan fingerprint density at radius 2 is 1.23 bits per heavy atom. The standard InChI is InChI=1S/C11H16O2/c12-10-7-11(13)9-6-4-2-1-3-5-8(9)10/h8-9H,1-7H2. The normalized spacial score (nSPS) is 35.4. The summed E-state index contributed by atoms with van der Waals surface area (Å²) < 4.78 is 0. The van der Waals surface area contributed by atoms with Crippen molar-refractivity contribution in [3.05, 3.63) is 0 Å². The summed E-state index contributed by atoms with van der Waals surface area (Å²) in [6.45, 7) is 0. The second-order valence-corrected chi connectivity index (χ2v) is 4.31. The number of hydrogen-bond donors (Lipinski definition) is 0. The number of fused-ring (bicyclic) bond motifs is 1. The minimum Gasteiger partial charge on any atom is -0.299 e. The Morgan fingerprint density at radius 3 is 1.69 bits per heavy atom. The van der Waals surface area contributed by atoms with Crippen LogP contribution in [0.2, 0.25) is 0 Å². The molecule has 2 saturated carbocycles. The molecule has 2 unspecified atom stereocenters. The van der Waals surface area contributed by atoms with Gasteiger partial charge >= 0.3 is 0 Å². The van der Waals surface area contributed by atoms with E-state index in [1.807, 2.05) is 0 Å². The van der Waals surface area contributed by atoms with Gasteiger partial charge in [-0.2, -0.15) is 0 Å². The fourth-order valence-corrected chi connectivity index (χ4v) is 2.69. The molecular formula is C11H16O2. The lowest BCUT2D eigenvalue weighted by Gasteiger charge is -2.19. The first-order valence-electron chi connectivity index (χ1n) is 5.34. The summed E-state index contributed by atoms with van der Waals surface area (Å²) >= 11 is 0. The second-order valence-electron chi connectivity index (χ2n) is 4.31. The Bertz CT molecular complexity index is 208. The van der Waals surface area contributed by atoms with Crippen LogP contribution in [0.15, 0.2) is 0 Å². The Balaban J connectivity index is 2.11. The zero-order chi connectivity index (χ0) is 9.26. The van der Waals surface area contributed by atoms with Crippen LogP contribution in [0.25, 0.3) is 0 Å². The first-order chi connectivity index (χ1) is 6.29. The lowest BCUT2D eigenvalue weighted by atomic mass is 9.83. The van der Waals surface area contributed by atoms with Gasteiger partial charge in [0.15, 0.2) is 0 Å². The third-order valence-corrected chi connectivity index (χ3v) is 3.44. The van der Waals surface area contributed by atoms with Gasteiger partial charge in [0, 0.05) is 11.8 Å². The molecule has 0 aliphatic heterocycles. The minimum absolute atomic E-state index is 0.104. The topological polar surface area (TPSA) is 34.1 Å². The zero-order valence-corrected chi connectivity index (χ0v) is 7.92. The van der Waals surface area contributed by atoms with E-state index in [0.29, 0.717) is 0 Å². The minimum atomic E-state index is 0.104. The average Bonchev–Trinajstić information content (AvgIpc) is 2.25. The van der Waals surface area contributed by atoms with Gasteiger partial charge in [-0.25, -0.2) is 0 Å². The summed E-state index contributed by atoms with van der Waals surface area (Å²) in [6.07, 6.45) is 6.93. The number of carbonyl (C=O) groups is 2. The maximum Gasteiger partial charge on any atom is 0.144 e. The molecule has 2 aliphatic carbocycles. The first-order valence-corrected chi connectivity index (χ1v) is 5.34. The molecule has 2 nitrogen and oxygen atoms in total. The van der Waals surface area contributed by atoms with E-state index in [2.05, 4.69) is 0 Å². The molecule has 2 rings (SSSR count). The number of carbonyl (C=O) groups excluding carboxylic acids is 2. The van der Waals surface area contributed by atoms with Crippen molar-refractivity contribution in [1.82, 2.24) is 0 Å². The van der Waals surface area contributed by atoms with E-state index < -0.39 is 0 Å². The van der Waals surface area contributed by atoms with Crippen molar-refractivity contribution in [2.45, 2.75) is 44.9 Å². The largest absolute Gasteiger partial charge is 0.299 e. The third kappa shape index (κ3) is 1.67. The van der Waals surface area contributed by atoms with Gasteiger partial charge in [0.2, 0.25) is 0 Å². The zero-order valence-electron chi connectivity index (χ0n) is 7.92. The van der Waals surface area contributed by atoms with Gasteiger partial charge in [0.1, 0.15) is 11.6 Å². The van der Waals surface area contributed by atoms with Gasteiger partial charge in [-0.05, 0) is 12.8 Å².